The minimum Gasteiger partial charge on any atom is -0.342 e. The number of nitrogens with zero attached hydrogens (tertiary/aromatic N) is 1. The first-order chi connectivity index (χ1) is 11.2. The Balaban J connectivity index is 2.20. The Bertz CT molecular complexity index is 895. The standard InChI is InChI=1S/C19H14ClNO2/c20-17-9-15(7-4-8-22)19-16(13-23)12-21(18(19)10-17)11-14-5-2-1-3-6-14/h1-10,12-13H,11H2/b7-4+. The molecule has 4 heteroatoms. The van der Waals surface area contributed by atoms with Gasteiger partial charge in [-0.1, -0.05) is 48.0 Å². The fourth-order valence-electron chi connectivity index (χ4n) is 2.73. The van der Waals surface area contributed by atoms with Crippen LogP contribution in [0.1, 0.15) is 21.5 Å². The smallest absolute Gasteiger partial charge is 0.152 e. The second-order valence-corrected chi connectivity index (χ2v) is 5.64. The second-order valence-electron chi connectivity index (χ2n) is 5.20. The number of rotatable bonds is 5. The first kappa shape index (κ1) is 15.3. The monoisotopic (exact) mass is 323 g/mol. The van der Waals surface area contributed by atoms with Crippen LogP contribution in [0.3, 0.4) is 0 Å². The molecule has 0 aliphatic carbocycles. The van der Waals surface area contributed by atoms with Gasteiger partial charge in [-0.15, -0.1) is 0 Å². The van der Waals surface area contributed by atoms with E-state index in [4.69, 9.17) is 11.6 Å². The highest BCUT2D eigenvalue weighted by atomic mass is 35.5. The average molecular weight is 324 g/mol. The molecule has 0 spiro atoms. The number of carbonyl (C=O) groups is 2. The Morgan fingerprint density at radius 3 is 2.52 bits per heavy atom. The molecule has 1 aromatic heterocycles. The quantitative estimate of drug-likeness (QED) is 0.516. The summed E-state index contributed by atoms with van der Waals surface area (Å²) in [5.74, 6) is 0. The Kier molecular flexibility index (Phi) is 4.40. The molecule has 0 bridgehead atoms. The number of benzene rings is 2. The van der Waals surface area contributed by atoms with Crippen molar-refractivity contribution >= 4 is 41.2 Å². The van der Waals surface area contributed by atoms with Crippen molar-refractivity contribution in [2.24, 2.45) is 0 Å². The SMILES string of the molecule is O=C/C=C/c1cc(Cl)cc2c1c(C=O)cn2Cc1ccccc1. The van der Waals surface area contributed by atoms with Crippen LogP contribution in [0.5, 0.6) is 0 Å². The summed E-state index contributed by atoms with van der Waals surface area (Å²) in [5.41, 5.74) is 3.34. The summed E-state index contributed by atoms with van der Waals surface area (Å²) in [4.78, 5) is 22.1. The van der Waals surface area contributed by atoms with Gasteiger partial charge in [0.1, 0.15) is 6.29 Å². The molecule has 2 aromatic carbocycles. The highest BCUT2D eigenvalue weighted by Gasteiger charge is 2.12. The van der Waals surface area contributed by atoms with Crippen molar-refractivity contribution in [3.63, 3.8) is 0 Å². The van der Waals surface area contributed by atoms with Gasteiger partial charge in [-0.2, -0.15) is 0 Å². The van der Waals surface area contributed by atoms with Crippen molar-refractivity contribution in [2.75, 3.05) is 0 Å². The lowest BCUT2D eigenvalue weighted by atomic mass is 10.1. The summed E-state index contributed by atoms with van der Waals surface area (Å²) in [6, 6.07) is 13.6. The highest BCUT2D eigenvalue weighted by Crippen LogP contribution is 2.29. The summed E-state index contributed by atoms with van der Waals surface area (Å²) in [6.45, 7) is 0.641. The van der Waals surface area contributed by atoms with Crippen LogP contribution in [0.4, 0.5) is 0 Å². The Labute approximate surface area is 138 Å². The molecule has 0 atom stereocenters. The van der Waals surface area contributed by atoms with Crippen LogP contribution in [0.25, 0.3) is 17.0 Å². The van der Waals surface area contributed by atoms with E-state index in [0.717, 1.165) is 28.3 Å². The molecule has 3 rings (SSSR count). The number of fused-ring (bicyclic) bond motifs is 1. The van der Waals surface area contributed by atoms with Crippen LogP contribution in [0.15, 0.2) is 54.7 Å². The molecule has 0 fully saturated rings. The zero-order chi connectivity index (χ0) is 16.2. The predicted octanol–water partition coefficient (Wildman–Crippen LogP) is 4.37. The van der Waals surface area contributed by atoms with E-state index < -0.39 is 0 Å². The molecule has 0 radical (unpaired) electrons. The molecule has 0 amide bonds. The van der Waals surface area contributed by atoms with E-state index in [1.165, 1.54) is 6.08 Å². The van der Waals surface area contributed by atoms with Crippen LogP contribution < -0.4 is 0 Å². The number of carbonyl (C=O) groups excluding carboxylic acids is 2. The van der Waals surface area contributed by atoms with Crippen LogP contribution in [0, 0.1) is 0 Å². The van der Waals surface area contributed by atoms with Crippen LogP contribution in [0.2, 0.25) is 5.02 Å². The largest absolute Gasteiger partial charge is 0.342 e. The minimum atomic E-state index is 0.563. The van der Waals surface area contributed by atoms with E-state index in [1.54, 1.807) is 12.1 Å². The van der Waals surface area contributed by atoms with Gasteiger partial charge >= 0.3 is 0 Å². The Morgan fingerprint density at radius 1 is 1.04 bits per heavy atom. The van der Waals surface area contributed by atoms with E-state index in [2.05, 4.69) is 0 Å². The molecule has 0 saturated heterocycles. The summed E-state index contributed by atoms with van der Waals surface area (Å²) < 4.78 is 2.00. The molecule has 23 heavy (non-hydrogen) atoms. The maximum absolute atomic E-state index is 11.5. The van der Waals surface area contributed by atoms with Crippen molar-refractivity contribution in [3.8, 4) is 0 Å². The normalized spacial score (nSPS) is 11.2. The van der Waals surface area contributed by atoms with Gasteiger partial charge in [0.2, 0.25) is 0 Å². The lowest BCUT2D eigenvalue weighted by Gasteiger charge is -2.07. The number of halogens is 1. The summed E-state index contributed by atoms with van der Waals surface area (Å²) >= 11 is 6.21. The molecule has 0 aliphatic rings. The predicted molar refractivity (Wildman–Crippen MR) is 93.0 cm³/mol. The Hall–Kier alpha value is -2.65. The molecule has 0 N–H and O–H groups in total. The van der Waals surface area contributed by atoms with Gasteiger partial charge in [0.15, 0.2) is 6.29 Å². The first-order valence-corrected chi connectivity index (χ1v) is 7.54. The van der Waals surface area contributed by atoms with Gasteiger partial charge in [0.05, 0.1) is 5.52 Å². The number of hydrogen-bond donors (Lipinski definition) is 0. The molecule has 0 aliphatic heterocycles. The maximum Gasteiger partial charge on any atom is 0.152 e. The summed E-state index contributed by atoms with van der Waals surface area (Å²) in [7, 11) is 0. The van der Waals surface area contributed by atoms with Crippen molar-refractivity contribution in [1.82, 2.24) is 4.57 Å². The van der Waals surface area contributed by atoms with Gasteiger partial charge in [-0.05, 0) is 29.3 Å². The third kappa shape index (κ3) is 3.10. The molecule has 0 saturated carbocycles. The van der Waals surface area contributed by atoms with Crippen LogP contribution >= 0.6 is 11.6 Å². The van der Waals surface area contributed by atoms with Gasteiger partial charge < -0.3 is 4.57 Å². The van der Waals surface area contributed by atoms with Crippen LogP contribution in [-0.2, 0) is 11.3 Å². The minimum absolute atomic E-state index is 0.563. The molecule has 0 unspecified atom stereocenters. The van der Waals surface area contributed by atoms with E-state index in [-0.39, 0.29) is 0 Å². The third-order valence-electron chi connectivity index (χ3n) is 3.68. The molecule has 114 valence electrons. The highest BCUT2D eigenvalue weighted by molar-refractivity contribution is 6.31. The number of allylic oxidation sites excluding steroid dienone is 1. The average Bonchev–Trinajstić information content (AvgIpc) is 2.91. The first-order valence-electron chi connectivity index (χ1n) is 7.16. The molecular weight excluding hydrogens is 310 g/mol. The topological polar surface area (TPSA) is 39.1 Å². The van der Waals surface area contributed by atoms with Crippen molar-refractivity contribution in [2.45, 2.75) is 6.54 Å². The lowest BCUT2D eigenvalue weighted by Crippen LogP contribution is -1.97. The van der Waals surface area contributed by atoms with E-state index in [1.807, 2.05) is 47.2 Å². The number of aromatic nitrogens is 1. The molecule has 3 aromatic rings. The van der Waals surface area contributed by atoms with Crippen molar-refractivity contribution in [1.29, 1.82) is 0 Å². The van der Waals surface area contributed by atoms with Crippen LogP contribution in [-0.4, -0.2) is 17.1 Å². The van der Waals surface area contributed by atoms with E-state index in [0.29, 0.717) is 23.4 Å². The maximum atomic E-state index is 11.5. The second kappa shape index (κ2) is 6.63. The Morgan fingerprint density at radius 2 is 1.83 bits per heavy atom. The molecule has 1 heterocycles. The van der Waals surface area contributed by atoms with Crippen molar-refractivity contribution in [3.05, 3.63) is 76.5 Å². The third-order valence-corrected chi connectivity index (χ3v) is 3.90. The van der Waals surface area contributed by atoms with Gasteiger partial charge in [-0.25, -0.2) is 0 Å². The van der Waals surface area contributed by atoms with Gasteiger partial charge in [0.25, 0.3) is 0 Å². The lowest BCUT2D eigenvalue weighted by molar-refractivity contribution is -0.104. The van der Waals surface area contributed by atoms with Crippen molar-refractivity contribution < 1.29 is 9.59 Å². The van der Waals surface area contributed by atoms with E-state index in [9.17, 15) is 9.59 Å². The number of aldehydes is 2. The van der Waals surface area contributed by atoms with E-state index >= 15 is 0 Å². The molecule has 3 nitrogen and oxygen atoms in total. The number of hydrogen-bond acceptors (Lipinski definition) is 2. The fraction of sp³-hybridized carbons (Fsp3) is 0.0526. The summed E-state index contributed by atoms with van der Waals surface area (Å²) in [5, 5.41) is 1.37. The van der Waals surface area contributed by atoms with Gasteiger partial charge in [0, 0.05) is 28.7 Å². The zero-order valence-corrected chi connectivity index (χ0v) is 13.0. The summed E-state index contributed by atoms with van der Waals surface area (Å²) in [6.07, 6.45) is 6.42. The fourth-order valence-corrected chi connectivity index (χ4v) is 2.95. The zero-order valence-electron chi connectivity index (χ0n) is 12.3. The molecular formula is C19H14ClNO2. The van der Waals surface area contributed by atoms with Gasteiger partial charge in [-0.3, -0.25) is 9.59 Å².